The fraction of sp³-hybridized carbons (Fsp3) is 0.333. The zero-order valence-electron chi connectivity index (χ0n) is 13.1. The number of rotatable bonds is 3. The lowest BCUT2D eigenvalue weighted by Crippen LogP contribution is -2.20. The molecular formula is C18H16F3NOS. The van der Waals surface area contributed by atoms with Gasteiger partial charge >= 0.3 is 6.18 Å². The topological polar surface area (TPSA) is 30.0 Å². The van der Waals surface area contributed by atoms with E-state index < -0.39 is 11.9 Å². The van der Waals surface area contributed by atoms with Gasteiger partial charge < -0.3 is 0 Å². The average Bonchev–Trinajstić information content (AvgIpc) is 2.52. The van der Waals surface area contributed by atoms with Crippen molar-refractivity contribution in [1.29, 1.82) is 0 Å². The van der Waals surface area contributed by atoms with Crippen LogP contribution >= 0.6 is 11.8 Å². The number of fused-ring (bicyclic) bond motifs is 1. The molecule has 0 saturated carbocycles. The van der Waals surface area contributed by atoms with E-state index in [-0.39, 0.29) is 11.7 Å². The van der Waals surface area contributed by atoms with E-state index in [1.165, 1.54) is 0 Å². The summed E-state index contributed by atoms with van der Waals surface area (Å²) in [7, 11) is 0. The van der Waals surface area contributed by atoms with Gasteiger partial charge in [0.1, 0.15) is 0 Å². The summed E-state index contributed by atoms with van der Waals surface area (Å²) in [4.78, 5) is 17.2. The summed E-state index contributed by atoms with van der Waals surface area (Å²) in [6, 6.07) is 8.91. The fourth-order valence-corrected chi connectivity index (χ4v) is 3.89. The van der Waals surface area contributed by atoms with E-state index in [4.69, 9.17) is 0 Å². The Hall–Kier alpha value is -1.82. The van der Waals surface area contributed by atoms with Gasteiger partial charge in [0.2, 0.25) is 0 Å². The highest BCUT2D eigenvalue weighted by molar-refractivity contribution is 7.99. The highest BCUT2D eigenvalue weighted by Crippen LogP contribution is 2.39. The van der Waals surface area contributed by atoms with Gasteiger partial charge in [0.05, 0.1) is 11.4 Å². The average molecular weight is 351 g/mol. The van der Waals surface area contributed by atoms with Crippen LogP contribution in [0.15, 0.2) is 41.4 Å². The molecule has 0 fully saturated rings. The molecule has 0 radical (unpaired) electrons. The van der Waals surface area contributed by atoms with E-state index in [0.29, 0.717) is 35.1 Å². The summed E-state index contributed by atoms with van der Waals surface area (Å²) >= 11 is 0.685. The van der Waals surface area contributed by atoms with Crippen LogP contribution < -0.4 is 0 Å². The molecule has 1 aromatic heterocycles. The van der Waals surface area contributed by atoms with Crippen LogP contribution in [0.5, 0.6) is 0 Å². The number of thioether (sulfide) groups is 1. The minimum absolute atomic E-state index is 0.0776. The smallest absolute Gasteiger partial charge is 0.294 e. The molecule has 0 N–H and O–H groups in total. The van der Waals surface area contributed by atoms with Gasteiger partial charge in [0.15, 0.2) is 5.78 Å². The van der Waals surface area contributed by atoms with E-state index in [2.05, 4.69) is 4.98 Å². The molecule has 0 bridgehead atoms. The maximum absolute atomic E-state index is 12.6. The second kappa shape index (κ2) is 6.59. The van der Waals surface area contributed by atoms with Crippen molar-refractivity contribution in [2.45, 2.75) is 30.8 Å². The minimum atomic E-state index is -4.26. The molecular weight excluding hydrogens is 335 g/mol. The van der Waals surface area contributed by atoms with Crippen molar-refractivity contribution in [3.05, 3.63) is 47.7 Å². The molecule has 1 aromatic carbocycles. The highest BCUT2D eigenvalue weighted by atomic mass is 32.2. The van der Waals surface area contributed by atoms with Crippen molar-refractivity contribution in [1.82, 2.24) is 4.98 Å². The first-order chi connectivity index (χ1) is 11.3. The monoisotopic (exact) mass is 351 g/mol. The van der Waals surface area contributed by atoms with E-state index >= 15 is 0 Å². The molecule has 0 spiro atoms. The van der Waals surface area contributed by atoms with Gasteiger partial charge in [-0.2, -0.15) is 13.2 Å². The van der Waals surface area contributed by atoms with E-state index in [9.17, 15) is 18.0 Å². The third-order valence-electron chi connectivity index (χ3n) is 3.97. The molecule has 1 aliphatic carbocycles. The summed E-state index contributed by atoms with van der Waals surface area (Å²) in [5, 5.41) is 0. The first-order valence-corrected chi connectivity index (χ1v) is 8.64. The Morgan fingerprint density at radius 3 is 2.67 bits per heavy atom. The van der Waals surface area contributed by atoms with Crippen LogP contribution in [0.25, 0.3) is 11.3 Å². The van der Waals surface area contributed by atoms with E-state index in [1.54, 1.807) is 24.4 Å². The number of carbonyl (C=O) groups is 1. The van der Waals surface area contributed by atoms with Gasteiger partial charge in [-0.25, -0.2) is 0 Å². The van der Waals surface area contributed by atoms with E-state index in [0.717, 1.165) is 16.8 Å². The molecule has 0 aliphatic heterocycles. The van der Waals surface area contributed by atoms with Crippen LogP contribution in [-0.2, 0) is 6.42 Å². The third-order valence-corrected chi connectivity index (χ3v) is 5.10. The molecule has 1 atom stereocenters. The number of pyridine rings is 1. The standard InChI is InChI=1S/C18H16F3NOS/c1-11-8-13-12(14-4-2-3-7-22-14)5-6-16(17(13)15(23)9-11)24-10-18(19,20)21/h2-7,11H,8-10H2,1H3/t11-/m1/s1. The number of halogens is 3. The SMILES string of the molecule is C[C@H]1CC(=O)c2c(SCC(F)(F)F)ccc(-c3ccccn3)c2C1. The highest BCUT2D eigenvalue weighted by Gasteiger charge is 2.31. The predicted molar refractivity (Wildman–Crippen MR) is 88.3 cm³/mol. The van der Waals surface area contributed by atoms with Gasteiger partial charge in [-0.3, -0.25) is 9.78 Å². The number of ketones is 1. The van der Waals surface area contributed by atoms with Crippen molar-refractivity contribution in [3.8, 4) is 11.3 Å². The molecule has 3 rings (SSSR count). The number of benzene rings is 1. The molecule has 126 valence electrons. The third kappa shape index (κ3) is 3.64. The van der Waals surface area contributed by atoms with Crippen molar-refractivity contribution >= 4 is 17.5 Å². The Kier molecular flexibility index (Phi) is 4.67. The lowest BCUT2D eigenvalue weighted by molar-refractivity contribution is -0.105. The molecule has 2 aromatic rings. The van der Waals surface area contributed by atoms with Crippen LogP contribution in [0.3, 0.4) is 0 Å². The van der Waals surface area contributed by atoms with E-state index in [1.807, 2.05) is 19.1 Å². The van der Waals surface area contributed by atoms with Gasteiger partial charge in [0.25, 0.3) is 0 Å². The Morgan fingerprint density at radius 2 is 2.00 bits per heavy atom. The number of alkyl halides is 3. The summed E-state index contributed by atoms with van der Waals surface area (Å²) in [5.74, 6) is -0.896. The lowest BCUT2D eigenvalue weighted by atomic mass is 9.81. The Bertz CT molecular complexity index is 759. The van der Waals surface area contributed by atoms with Gasteiger partial charge in [-0.1, -0.05) is 19.1 Å². The number of hydrogen-bond acceptors (Lipinski definition) is 3. The minimum Gasteiger partial charge on any atom is -0.294 e. The fourth-order valence-electron chi connectivity index (χ4n) is 3.03. The molecule has 1 heterocycles. The summed E-state index contributed by atoms with van der Waals surface area (Å²) in [6.07, 6.45) is -1.55. The summed E-state index contributed by atoms with van der Waals surface area (Å²) in [5.41, 5.74) is 2.85. The Labute approximate surface area is 142 Å². The summed E-state index contributed by atoms with van der Waals surface area (Å²) < 4.78 is 37.7. The largest absolute Gasteiger partial charge is 0.398 e. The van der Waals surface area contributed by atoms with Gasteiger partial charge in [-0.15, -0.1) is 11.8 Å². The normalized spacial score (nSPS) is 17.7. The van der Waals surface area contributed by atoms with Crippen LogP contribution in [0, 0.1) is 5.92 Å². The van der Waals surface area contributed by atoms with Crippen LogP contribution in [0.2, 0.25) is 0 Å². The number of nitrogens with zero attached hydrogens (tertiary/aromatic N) is 1. The van der Waals surface area contributed by atoms with Crippen LogP contribution in [-0.4, -0.2) is 22.7 Å². The molecule has 6 heteroatoms. The number of aromatic nitrogens is 1. The maximum Gasteiger partial charge on any atom is 0.398 e. The zero-order chi connectivity index (χ0) is 17.3. The number of carbonyl (C=O) groups excluding carboxylic acids is 1. The lowest BCUT2D eigenvalue weighted by Gasteiger charge is -2.25. The predicted octanol–water partition coefficient (Wildman–Crippen LogP) is 5.17. The van der Waals surface area contributed by atoms with Crippen molar-refractivity contribution in [2.75, 3.05) is 5.75 Å². The number of Topliss-reactive ketones (excluding diaryl/α,β-unsaturated/α-hetero) is 1. The first-order valence-electron chi connectivity index (χ1n) is 7.65. The molecule has 0 amide bonds. The number of hydrogen-bond donors (Lipinski definition) is 0. The molecule has 1 aliphatic rings. The van der Waals surface area contributed by atoms with Gasteiger partial charge in [0, 0.05) is 28.6 Å². The van der Waals surface area contributed by atoms with Crippen molar-refractivity contribution in [2.24, 2.45) is 5.92 Å². The molecule has 24 heavy (non-hydrogen) atoms. The second-order valence-electron chi connectivity index (χ2n) is 6.02. The first kappa shape index (κ1) is 17.0. The quantitative estimate of drug-likeness (QED) is 0.715. The Morgan fingerprint density at radius 1 is 1.21 bits per heavy atom. The molecule has 0 unspecified atom stereocenters. The second-order valence-corrected chi connectivity index (χ2v) is 7.04. The molecule has 2 nitrogen and oxygen atoms in total. The zero-order valence-corrected chi connectivity index (χ0v) is 13.9. The maximum atomic E-state index is 12.6. The molecule has 0 saturated heterocycles. The Balaban J connectivity index is 2.08. The van der Waals surface area contributed by atoms with Crippen LogP contribution in [0.4, 0.5) is 13.2 Å². The summed E-state index contributed by atoms with van der Waals surface area (Å²) in [6.45, 7) is 1.98. The van der Waals surface area contributed by atoms with Gasteiger partial charge in [-0.05, 0) is 36.1 Å². The van der Waals surface area contributed by atoms with Crippen molar-refractivity contribution < 1.29 is 18.0 Å². The van der Waals surface area contributed by atoms with Crippen molar-refractivity contribution in [3.63, 3.8) is 0 Å². The van der Waals surface area contributed by atoms with Crippen LogP contribution in [0.1, 0.15) is 29.3 Å².